The van der Waals surface area contributed by atoms with Gasteiger partial charge in [-0.1, -0.05) is 48.3 Å². The first-order chi connectivity index (χ1) is 10.2. The Morgan fingerprint density at radius 1 is 1.27 bits per heavy atom. The molecule has 0 amide bonds. The van der Waals surface area contributed by atoms with E-state index < -0.39 is 0 Å². The van der Waals surface area contributed by atoms with Gasteiger partial charge in [-0.15, -0.1) is 0 Å². The Kier molecular flexibility index (Phi) is 6.65. The minimum atomic E-state index is 0.0630. The molecular weight excluding hydrogens is 266 g/mol. The van der Waals surface area contributed by atoms with Crippen molar-refractivity contribution in [3.05, 3.63) is 53.6 Å². The van der Waals surface area contributed by atoms with Crippen LogP contribution in [0.15, 0.2) is 36.9 Å². The molecule has 0 aromatic heterocycles. The van der Waals surface area contributed by atoms with Crippen molar-refractivity contribution >= 4 is 5.57 Å². The molecule has 0 radical (unpaired) electrons. The van der Waals surface area contributed by atoms with E-state index in [2.05, 4.69) is 89.3 Å². The van der Waals surface area contributed by atoms with E-state index in [1.165, 1.54) is 16.7 Å². The third kappa shape index (κ3) is 6.78. The van der Waals surface area contributed by atoms with Crippen molar-refractivity contribution in [2.24, 2.45) is 5.41 Å². The smallest absolute Gasteiger partial charge is 0.0234 e. The van der Waals surface area contributed by atoms with Gasteiger partial charge in [-0.05, 0) is 64.4 Å². The largest absolute Gasteiger partial charge is 0.298 e. The fourth-order valence-electron chi connectivity index (χ4n) is 2.24. The summed E-state index contributed by atoms with van der Waals surface area (Å²) in [5.41, 5.74) is 5.07. The zero-order valence-corrected chi connectivity index (χ0v) is 15.0. The summed E-state index contributed by atoms with van der Waals surface area (Å²) in [7, 11) is 2.11. The molecule has 1 aromatic carbocycles. The van der Waals surface area contributed by atoms with Gasteiger partial charge in [0.05, 0.1) is 0 Å². The van der Waals surface area contributed by atoms with Crippen LogP contribution < -0.4 is 0 Å². The Hall–Kier alpha value is -1.78. The van der Waals surface area contributed by atoms with Gasteiger partial charge < -0.3 is 0 Å². The van der Waals surface area contributed by atoms with Crippen LogP contribution in [0.5, 0.6) is 0 Å². The molecule has 0 atom stereocenters. The van der Waals surface area contributed by atoms with Crippen LogP contribution in [0.25, 0.3) is 5.57 Å². The molecule has 1 rings (SSSR count). The molecule has 0 aliphatic heterocycles. The Labute approximate surface area is 136 Å². The Balaban J connectivity index is 2.54. The number of likely N-dealkylation sites (N-methyl/N-ethyl adjacent to an activating group) is 1. The Morgan fingerprint density at radius 2 is 1.95 bits per heavy atom. The summed E-state index contributed by atoms with van der Waals surface area (Å²) in [5, 5.41) is 0. The van der Waals surface area contributed by atoms with Crippen molar-refractivity contribution < 1.29 is 0 Å². The van der Waals surface area contributed by atoms with Crippen molar-refractivity contribution in [2.45, 2.75) is 34.6 Å². The first-order valence-corrected chi connectivity index (χ1v) is 7.81. The molecule has 22 heavy (non-hydrogen) atoms. The predicted molar refractivity (Wildman–Crippen MR) is 98.8 cm³/mol. The van der Waals surface area contributed by atoms with Gasteiger partial charge in [0.1, 0.15) is 0 Å². The molecule has 1 aromatic rings. The standard InChI is InChI=1S/C21H29N/c1-17-11-12-20(18(2)15-17)19(3)16-22(7)14-10-8-9-13-21(4,5)6/h8,10-12,15H,3,14,16H2,1-2,4-7H3. The SMILES string of the molecule is C=C(CN(C)CC=CC#CC(C)(C)C)c1ccc(C)cc1C. The highest BCUT2D eigenvalue weighted by atomic mass is 15.1. The van der Waals surface area contributed by atoms with Gasteiger partial charge in [-0.3, -0.25) is 4.90 Å². The fraction of sp³-hybridized carbons (Fsp3) is 0.429. The summed E-state index contributed by atoms with van der Waals surface area (Å²) in [4.78, 5) is 2.25. The van der Waals surface area contributed by atoms with Crippen molar-refractivity contribution in [3.63, 3.8) is 0 Å². The molecule has 0 fully saturated rings. The average molecular weight is 295 g/mol. The highest BCUT2D eigenvalue weighted by Gasteiger charge is 2.05. The number of rotatable bonds is 5. The molecule has 0 bridgehead atoms. The normalized spacial score (nSPS) is 11.6. The van der Waals surface area contributed by atoms with Crippen molar-refractivity contribution in [1.29, 1.82) is 0 Å². The summed E-state index contributed by atoms with van der Waals surface area (Å²) in [5.74, 6) is 6.30. The molecule has 118 valence electrons. The lowest BCUT2D eigenvalue weighted by Gasteiger charge is -2.17. The van der Waals surface area contributed by atoms with Gasteiger partial charge in [-0.25, -0.2) is 0 Å². The Morgan fingerprint density at radius 3 is 2.55 bits per heavy atom. The molecule has 0 saturated heterocycles. The molecule has 0 aliphatic rings. The zero-order valence-electron chi connectivity index (χ0n) is 15.0. The molecule has 0 spiro atoms. The fourth-order valence-corrected chi connectivity index (χ4v) is 2.24. The lowest BCUT2D eigenvalue weighted by atomic mass is 9.98. The van der Waals surface area contributed by atoms with E-state index in [0.29, 0.717) is 0 Å². The third-order valence-electron chi connectivity index (χ3n) is 3.29. The summed E-state index contributed by atoms with van der Waals surface area (Å²) in [6.07, 6.45) is 4.05. The van der Waals surface area contributed by atoms with E-state index in [4.69, 9.17) is 0 Å². The van der Waals surface area contributed by atoms with E-state index in [1.54, 1.807) is 0 Å². The van der Waals surface area contributed by atoms with Crippen LogP contribution >= 0.6 is 0 Å². The molecular formula is C21H29N. The van der Waals surface area contributed by atoms with Crippen LogP contribution in [0.3, 0.4) is 0 Å². The van der Waals surface area contributed by atoms with Gasteiger partial charge in [0, 0.05) is 18.5 Å². The topological polar surface area (TPSA) is 3.24 Å². The predicted octanol–water partition coefficient (Wildman–Crippen LogP) is 4.85. The number of aryl methyl sites for hydroxylation is 2. The minimum absolute atomic E-state index is 0.0630. The van der Waals surface area contributed by atoms with Gasteiger partial charge in [0.2, 0.25) is 0 Å². The molecule has 0 heterocycles. The number of nitrogens with zero attached hydrogens (tertiary/aromatic N) is 1. The van der Waals surface area contributed by atoms with E-state index in [9.17, 15) is 0 Å². The second kappa shape index (κ2) is 8.01. The van der Waals surface area contributed by atoms with Gasteiger partial charge in [-0.2, -0.15) is 0 Å². The maximum atomic E-state index is 4.24. The molecule has 0 saturated carbocycles. The summed E-state index contributed by atoms with van der Waals surface area (Å²) in [6.45, 7) is 16.6. The number of hydrogen-bond donors (Lipinski definition) is 0. The second-order valence-electron chi connectivity index (χ2n) is 7.04. The lowest BCUT2D eigenvalue weighted by Crippen LogP contribution is -2.20. The molecule has 1 nitrogen and oxygen atoms in total. The first kappa shape index (κ1) is 18.3. The van der Waals surface area contributed by atoms with E-state index in [1.807, 2.05) is 6.08 Å². The van der Waals surface area contributed by atoms with Crippen molar-refractivity contribution in [2.75, 3.05) is 20.1 Å². The lowest BCUT2D eigenvalue weighted by molar-refractivity contribution is 0.418. The number of benzene rings is 1. The van der Waals surface area contributed by atoms with Crippen LogP contribution in [0, 0.1) is 31.1 Å². The van der Waals surface area contributed by atoms with Crippen molar-refractivity contribution in [1.82, 2.24) is 4.90 Å². The third-order valence-corrected chi connectivity index (χ3v) is 3.29. The summed E-state index contributed by atoms with van der Waals surface area (Å²) in [6, 6.07) is 6.53. The highest BCUT2D eigenvalue weighted by molar-refractivity contribution is 5.67. The van der Waals surface area contributed by atoms with Crippen LogP contribution in [0.4, 0.5) is 0 Å². The Bertz CT molecular complexity index is 603. The molecule has 1 heteroatoms. The van der Waals surface area contributed by atoms with Gasteiger partial charge >= 0.3 is 0 Å². The summed E-state index contributed by atoms with van der Waals surface area (Å²) < 4.78 is 0. The quantitative estimate of drug-likeness (QED) is 0.702. The van der Waals surface area contributed by atoms with E-state index in [0.717, 1.165) is 18.7 Å². The average Bonchev–Trinajstić information content (AvgIpc) is 2.36. The van der Waals surface area contributed by atoms with E-state index >= 15 is 0 Å². The molecule has 0 N–H and O–H groups in total. The maximum absolute atomic E-state index is 4.24. The summed E-state index contributed by atoms with van der Waals surface area (Å²) >= 11 is 0. The van der Waals surface area contributed by atoms with Gasteiger partial charge in [0.15, 0.2) is 0 Å². The molecule has 0 aliphatic carbocycles. The van der Waals surface area contributed by atoms with Crippen molar-refractivity contribution in [3.8, 4) is 11.8 Å². The minimum Gasteiger partial charge on any atom is -0.298 e. The molecule has 0 unspecified atom stereocenters. The highest BCUT2D eigenvalue weighted by Crippen LogP contribution is 2.19. The van der Waals surface area contributed by atoms with Crippen LogP contribution in [0.2, 0.25) is 0 Å². The zero-order chi connectivity index (χ0) is 16.8. The number of allylic oxidation sites excluding steroid dienone is 1. The monoisotopic (exact) mass is 295 g/mol. The number of hydrogen-bond acceptors (Lipinski definition) is 1. The second-order valence-corrected chi connectivity index (χ2v) is 7.04. The van der Waals surface area contributed by atoms with Gasteiger partial charge in [0.25, 0.3) is 0 Å². The first-order valence-electron chi connectivity index (χ1n) is 7.81. The maximum Gasteiger partial charge on any atom is 0.0234 e. The van der Waals surface area contributed by atoms with Crippen LogP contribution in [-0.4, -0.2) is 25.0 Å². The van der Waals surface area contributed by atoms with Crippen LogP contribution in [-0.2, 0) is 0 Å². The van der Waals surface area contributed by atoms with E-state index in [-0.39, 0.29) is 5.41 Å². The van der Waals surface area contributed by atoms with Crippen LogP contribution in [0.1, 0.15) is 37.5 Å².